The molecule has 6 nitrogen and oxygen atoms in total. The Morgan fingerprint density at radius 1 is 1.16 bits per heavy atom. The van der Waals surface area contributed by atoms with Crippen LogP contribution in [-0.2, 0) is 14.8 Å². The Balaban J connectivity index is 1.79. The molecule has 0 bridgehead atoms. The van der Waals surface area contributed by atoms with Gasteiger partial charge in [0, 0.05) is 18.8 Å². The standard InChI is InChI=1S/C24H32N2O4S/c1-16(2)21-10-6-8-17(3)23(21)25-24(27)19-9-7-13-26(15-19)31(28,29)20-11-12-22(30-5)18(4)14-20/h6,8,10-12,14,16,19H,7,9,13,15H2,1-5H3,(H,25,27)/t19-/m0/s1. The smallest absolute Gasteiger partial charge is 0.243 e. The number of aryl methyl sites for hydroxylation is 2. The maximum atomic E-state index is 13.2. The summed E-state index contributed by atoms with van der Waals surface area (Å²) in [6, 6.07) is 10.9. The number of anilines is 1. The number of rotatable bonds is 6. The minimum Gasteiger partial charge on any atom is -0.496 e. The molecule has 0 aromatic heterocycles. The molecule has 1 aliphatic rings. The Kier molecular flexibility index (Phi) is 7.06. The van der Waals surface area contributed by atoms with Crippen LogP contribution in [0, 0.1) is 19.8 Å². The number of para-hydroxylation sites is 1. The third-order valence-electron chi connectivity index (χ3n) is 5.93. The fraction of sp³-hybridized carbons (Fsp3) is 0.458. The lowest BCUT2D eigenvalue weighted by Crippen LogP contribution is -2.43. The van der Waals surface area contributed by atoms with Gasteiger partial charge in [-0.05, 0) is 67.5 Å². The quantitative estimate of drug-likeness (QED) is 0.713. The summed E-state index contributed by atoms with van der Waals surface area (Å²) in [7, 11) is -2.12. The summed E-state index contributed by atoms with van der Waals surface area (Å²) in [5, 5.41) is 3.09. The molecular weight excluding hydrogens is 412 g/mol. The number of amides is 1. The second kappa shape index (κ2) is 9.40. The molecule has 31 heavy (non-hydrogen) atoms. The monoisotopic (exact) mass is 444 g/mol. The van der Waals surface area contributed by atoms with Gasteiger partial charge in [0.05, 0.1) is 17.9 Å². The van der Waals surface area contributed by atoms with Crippen molar-refractivity contribution in [1.82, 2.24) is 4.31 Å². The van der Waals surface area contributed by atoms with E-state index in [0.717, 1.165) is 22.4 Å². The zero-order valence-electron chi connectivity index (χ0n) is 18.9. The van der Waals surface area contributed by atoms with Crippen molar-refractivity contribution in [2.45, 2.75) is 51.3 Å². The molecule has 1 saturated heterocycles. The van der Waals surface area contributed by atoms with Crippen molar-refractivity contribution in [1.29, 1.82) is 0 Å². The molecule has 7 heteroatoms. The van der Waals surface area contributed by atoms with E-state index in [2.05, 4.69) is 19.2 Å². The van der Waals surface area contributed by atoms with Gasteiger partial charge in [0.25, 0.3) is 0 Å². The minimum absolute atomic E-state index is 0.123. The predicted molar refractivity (Wildman–Crippen MR) is 123 cm³/mol. The molecule has 2 aromatic rings. The van der Waals surface area contributed by atoms with Crippen LogP contribution in [-0.4, -0.2) is 38.8 Å². The van der Waals surface area contributed by atoms with Gasteiger partial charge < -0.3 is 10.1 Å². The molecular formula is C24H32N2O4S. The van der Waals surface area contributed by atoms with Crippen LogP contribution < -0.4 is 10.1 Å². The average molecular weight is 445 g/mol. The minimum atomic E-state index is -3.68. The van der Waals surface area contributed by atoms with Crippen molar-refractivity contribution in [3.8, 4) is 5.75 Å². The molecule has 0 radical (unpaired) electrons. The van der Waals surface area contributed by atoms with Gasteiger partial charge in [-0.15, -0.1) is 0 Å². The second-order valence-electron chi connectivity index (χ2n) is 8.52. The van der Waals surface area contributed by atoms with Crippen LogP contribution in [0.1, 0.15) is 49.3 Å². The molecule has 1 atom stereocenters. The maximum absolute atomic E-state index is 13.2. The van der Waals surface area contributed by atoms with Gasteiger partial charge in [-0.25, -0.2) is 8.42 Å². The number of nitrogens with zero attached hydrogens (tertiary/aromatic N) is 1. The van der Waals surface area contributed by atoms with Crippen LogP contribution in [0.15, 0.2) is 41.3 Å². The summed E-state index contributed by atoms with van der Waals surface area (Å²) in [6.07, 6.45) is 1.32. The van der Waals surface area contributed by atoms with E-state index in [0.29, 0.717) is 25.1 Å². The van der Waals surface area contributed by atoms with Crippen molar-refractivity contribution in [3.05, 3.63) is 53.1 Å². The Morgan fingerprint density at radius 2 is 1.90 bits per heavy atom. The van der Waals surface area contributed by atoms with Gasteiger partial charge in [-0.1, -0.05) is 32.0 Å². The van der Waals surface area contributed by atoms with Crippen LogP contribution in [0.5, 0.6) is 5.75 Å². The lowest BCUT2D eigenvalue weighted by atomic mass is 9.95. The molecule has 168 valence electrons. The van der Waals surface area contributed by atoms with Gasteiger partial charge in [0.1, 0.15) is 5.75 Å². The highest BCUT2D eigenvalue weighted by atomic mass is 32.2. The first kappa shape index (κ1) is 23.3. The number of piperidine rings is 1. The fourth-order valence-corrected chi connectivity index (χ4v) is 5.71. The lowest BCUT2D eigenvalue weighted by molar-refractivity contribution is -0.120. The van der Waals surface area contributed by atoms with Gasteiger partial charge in [0.15, 0.2) is 0 Å². The molecule has 3 rings (SSSR count). The van der Waals surface area contributed by atoms with Crippen molar-refractivity contribution in [2.75, 3.05) is 25.5 Å². The summed E-state index contributed by atoms with van der Waals surface area (Å²) in [5.41, 5.74) is 3.69. The number of methoxy groups -OCH3 is 1. The molecule has 1 fully saturated rings. The molecule has 0 unspecified atom stereocenters. The molecule has 1 heterocycles. The van der Waals surface area contributed by atoms with E-state index < -0.39 is 10.0 Å². The highest BCUT2D eigenvalue weighted by Gasteiger charge is 2.34. The third kappa shape index (κ3) is 4.93. The Labute approximate surface area is 185 Å². The van der Waals surface area contributed by atoms with E-state index in [1.54, 1.807) is 25.3 Å². The molecule has 2 aromatic carbocycles. The molecule has 0 aliphatic carbocycles. The predicted octanol–water partition coefficient (Wildman–Crippen LogP) is 4.47. The van der Waals surface area contributed by atoms with E-state index in [1.807, 2.05) is 32.0 Å². The van der Waals surface area contributed by atoms with Crippen molar-refractivity contribution in [2.24, 2.45) is 5.92 Å². The van der Waals surface area contributed by atoms with Crippen LogP contribution in [0.4, 0.5) is 5.69 Å². The lowest BCUT2D eigenvalue weighted by Gasteiger charge is -2.31. The number of hydrogen-bond donors (Lipinski definition) is 1. The van der Waals surface area contributed by atoms with Crippen LogP contribution >= 0.6 is 0 Å². The van der Waals surface area contributed by atoms with Crippen molar-refractivity contribution < 1.29 is 17.9 Å². The van der Waals surface area contributed by atoms with E-state index in [4.69, 9.17) is 4.74 Å². The van der Waals surface area contributed by atoms with Crippen LogP contribution in [0.3, 0.4) is 0 Å². The zero-order chi connectivity index (χ0) is 22.8. The number of nitrogens with one attached hydrogen (secondary N) is 1. The average Bonchev–Trinajstić information content (AvgIpc) is 2.74. The summed E-state index contributed by atoms with van der Waals surface area (Å²) in [4.78, 5) is 13.3. The SMILES string of the molecule is COc1ccc(S(=O)(=O)N2CCC[C@H](C(=O)Nc3c(C)cccc3C(C)C)C2)cc1C. The van der Waals surface area contributed by atoms with E-state index >= 15 is 0 Å². The Morgan fingerprint density at radius 3 is 2.55 bits per heavy atom. The molecule has 0 spiro atoms. The summed E-state index contributed by atoms with van der Waals surface area (Å²) < 4.78 is 33.1. The highest BCUT2D eigenvalue weighted by Crippen LogP contribution is 2.30. The largest absolute Gasteiger partial charge is 0.496 e. The summed E-state index contributed by atoms with van der Waals surface area (Å²) in [6.45, 7) is 8.58. The maximum Gasteiger partial charge on any atom is 0.243 e. The number of hydrogen-bond acceptors (Lipinski definition) is 4. The van der Waals surface area contributed by atoms with E-state index in [9.17, 15) is 13.2 Å². The molecule has 1 amide bonds. The van der Waals surface area contributed by atoms with E-state index in [1.165, 1.54) is 4.31 Å². The number of ether oxygens (including phenoxy) is 1. The summed E-state index contributed by atoms with van der Waals surface area (Å²) >= 11 is 0. The van der Waals surface area contributed by atoms with Crippen molar-refractivity contribution in [3.63, 3.8) is 0 Å². The molecule has 1 aliphatic heterocycles. The van der Waals surface area contributed by atoms with E-state index in [-0.39, 0.29) is 29.2 Å². The fourth-order valence-electron chi connectivity index (χ4n) is 4.10. The number of benzene rings is 2. The Hall–Kier alpha value is -2.38. The summed E-state index contributed by atoms with van der Waals surface area (Å²) in [5.74, 6) is 0.412. The first-order chi connectivity index (χ1) is 14.6. The molecule has 1 N–H and O–H groups in total. The van der Waals surface area contributed by atoms with Gasteiger partial charge in [0.2, 0.25) is 15.9 Å². The van der Waals surface area contributed by atoms with Crippen LogP contribution in [0.2, 0.25) is 0 Å². The topological polar surface area (TPSA) is 75.7 Å². The van der Waals surface area contributed by atoms with Crippen LogP contribution in [0.25, 0.3) is 0 Å². The first-order valence-corrected chi connectivity index (χ1v) is 12.1. The highest BCUT2D eigenvalue weighted by molar-refractivity contribution is 7.89. The number of sulfonamides is 1. The Bertz CT molecular complexity index is 1060. The third-order valence-corrected chi connectivity index (χ3v) is 7.80. The first-order valence-electron chi connectivity index (χ1n) is 10.7. The molecule has 0 saturated carbocycles. The number of carbonyl (C=O) groups excluding carboxylic acids is 1. The van der Waals surface area contributed by atoms with Crippen molar-refractivity contribution >= 4 is 21.6 Å². The zero-order valence-corrected chi connectivity index (χ0v) is 19.8. The second-order valence-corrected chi connectivity index (χ2v) is 10.5. The van der Waals surface area contributed by atoms with Gasteiger partial charge in [-0.3, -0.25) is 4.79 Å². The number of carbonyl (C=O) groups is 1. The normalized spacial score (nSPS) is 17.5. The van der Waals surface area contributed by atoms with Gasteiger partial charge >= 0.3 is 0 Å². The van der Waals surface area contributed by atoms with Gasteiger partial charge in [-0.2, -0.15) is 4.31 Å².